The van der Waals surface area contributed by atoms with Gasteiger partial charge in [0.15, 0.2) is 16.6 Å². The Morgan fingerprint density at radius 3 is 1.64 bits per heavy atom. The second kappa shape index (κ2) is 17.3. The van der Waals surface area contributed by atoms with Crippen molar-refractivity contribution >= 4 is 43.5 Å². The van der Waals surface area contributed by atoms with Gasteiger partial charge in [0, 0.05) is 25.9 Å². The molecule has 0 rings (SSSR count). The number of hydrogen-bond donors (Lipinski definition) is 2. The first-order valence-corrected chi connectivity index (χ1v) is 25.9. The molecule has 0 spiro atoms. The number of aliphatic hydroxyl groups excluding tert-OH is 2. The van der Waals surface area contributed by atoms with E-state index in [-0.39, 0.29) is 13.2 Å². The molecule has 0 unspecified atom stereocenters. The Morgan fingerprint density at radius 2 is 1.15 bits per heavy atom. The SMILES string of the molecule is C[SiH2]O[Si@@](C)(CCO[Si](C)(C)CCCOCCO)O[Si](C)(C)O[Si](C)(C)CCCOCCO. The molecule has 0 aliphatic rings. The van der Waals surface area contributed by atoms with Crippen LogP contribution in [0.1, 0.15) is 12.8 Å². The average molecular weight is 561 g/mol. The lowest BCUT2D eigenvalue weighted by Gasteiger charge is -2.40. The maximum Gasteiger partial charge on any atom is 0.317 e. The third-order valence-electron chi connectivity index (χ3n) is 5.09. The molecule has 0 heterocycles. The summed E-state index contributed by atoms with van der Waals surface area (Å²) in [7, 11) is -8.99. The van der Waals surface area contributed by atoms with Crippen molar-refractivity contribution in [2.75, 3.05) is 46.2 Å². The Hall–Kier alpha value is 0.764. The average Bonchev–Trinajstić information content (AvgIpc) is 2.66. The van der Waals surface area contributed by atoms with E-state index in [1.54, 1.807) is 0 Å². The summed E-state index contributed by atoms with van der Waals surface area (Å²) in [6.07, 6.45) is 1.90. The highest BCUT2D eigenvalue weighted by Crippen LogP contribution is 2.26. The fourth-order valence-electron chi connectivity index (χ4n) is 3.83. The van der Waals surface area contributed by atoms with Crippen LogP contribution in [0.4, 0.5) is 0 Å². The summed E-state index contributed by atoms with van der Waals surface area (Å²) in [5, 5.41) is 17.6. The largest absolute Gasteiger partial charge is 0.442 e. The van der Waals surface area contributed by atoms with Crippen LogP contribution in [0.25, 0.3) is 0 Å². The summed E-state index contributed by atoms with van der Waals surface area (Å²) < 4.78 is 36.8. The van der Waals surface area contributed by atoms with Crippen LogP contribution < -0.4 is 0 Å². The molecule has 200 valence electrons. The smallest absolute Gasteiger partial charge is 0.317 e. The first-order chi connectivity index (χ1) is 15.3. The van der Waals surface area contributed by atoms with Gasteiger partial charge in [0.05, 0.1) is 26.4 Å². The van der Waals surface area contributed by atoms with E-state index < -0.39 is 43.5 Å². The molecule has 1 atom stereocenters. The molecule has 0 saturated carbocycles. The molecule has 13 heteroatoms. The van der Waals surface area contributed by atoms with Crippen LogP contribution >= 0.6 is 0 Å². The van der Waals surface area contributed by atoms with Crippen LogP contribution in [-0.2, 0) is 26.2 Å². The minimum Gasteiger partial charge on any atom is -0.442 e. The summed E-state index contributed by atoms with van der Waals surface area (Å²) in [4.78, 5) is 0. The van der Waals surface area contributed by atoms with E-state index in [2.05, 4.69) is 52.4 Å². The van der Waals surface area contributed by atoms with Crippen LogP contribution in [0.15, 0.2) is 0 Å². The van der Waals surface area contributed by atoms with Crippen LogP contribution in [0, 0.1) is 0 Å². The van der Waals surface area contributed by atoms with Crippen molar-refractivity contribution in [3.8, 4) is 0 Å². The van der Waals surface area contributed by atoms with E-state index in [9.17, 15) is 0 Å². The molecule has 0 radical (unpaired) electrons. The lowest BCUT2D eigenvalue weighted by atomic mass is 10.5. The predicted octanol–water partition coefficient (Wildman–Crippen LogP) is 3.17. The topological polar surface area (TPSA) is 95.8 Å². The van der Waals surface area contributed by atoms with Gasteiger partial charge in [-0.25, -0.2) is 0 Å². The molecule has 0 fully saturated rings. The van der Waals surface area contributed by atoms with Crippen molar-refractivity contribution in [1.82, 2.24) is 0 Å². The number of hydrogen-bond acceptors (Lipinski definition) is 8. The first kappa shape index (κ1) is 33.8. The molecule has 0 aromatic rings. The second-order valence-corrected chi connectivity index (χ2v) is 27.4. The summed E-state index contributed by atoms with van der Waals surface area (Å²) in [6.45, 7) is 20.5. The summed E-state index contributed by atoms with van der Waals surface area (Å²) in [6, 6.07) is 2.86. The normalized spacial score (nSPS) is 15.5. The van der Waals surface area contributed by atoms with Gasteiger partial charge in [-0.15, -0.1) is 0 Å². The highest BCUT2D eigenvalue weighted by atomic mass is 28.5. The molecule has 0 aromatic carbocycles. The van der Waals surface area contributed by atoms with Crippen molar-refractivity contribution in [1.29, 1.82) is 0 Å². The van der Waals surface area contributed by atoms with E-state index in [0.29, 0.717) is 33.0 Å². The summed E-state index contributed by atoms with van der Waals surface area (Å²) in [5.41, 5.74) is 0. The maximum absolute atomic E-state index is 8.83. The highest BCUT2D eigenvalue weighted by molar-refractivity contribution is 6.87. The van der Waals surface area contributed by atoms with Crippen molar-refractivity contribution < 1.29 is 36.5 Å². The van der Waals surface area contributed by atoms with E-state index in [1.165, 1.54) is 0 Å². The highest BCUT2D eigenvalue weighted by Gasteiger charge is 2.43. The van der Waals surface area contributed by atoms with Crippen molar-refractivity contribution in [3.05, 3.63) is 0 Å². The zero-order valence-electron chi connectivity index (χ0n) is 22.5. The van der Waals surface area contributed by atoms with Crippen molar-refractivity contribution in [3.63, 3.8) is 0 Å². The van der Waals surface area contributed by atoms with Crippen LogP contribution in [0.2, 0.25) is 70.5 Å². The first-order valence-electron chi connectivity index (χ1n) is 12.4. The predicted molar refractivity (Wildman–Crippen MR) is 147 cm³/mol. The fraction of sp³-hybridized carbons (Fsp3) is 1.00. The van der Waals surface area contributed by atoms with E-state index in [4.69, 9.17) is 36.5 Å². The van der Waals surface area contributed by atoms with Gasteiger partial charge in [0.25, 0.3) is 0 Å². The molecule has 0 saturated heterocycles. The maximum atomic E-state index is 8.83. The van der Waals surface area contributed by atoms with E-state index in [1.807, 2.05) is 0 Å². The summed E-state index contributed by atoms with van der Waals surface area (Å²) >= 11 is 0. The van der Waals surface area contributed by atoms with Crippen LogP contribution in [0.5, 0.6) is 0 Å². The quantitative estimate of drug-likeness (QED) is 0.154. The molecule has 0 aliphatic heterocycles. The second-order valence-electron chi connectivity index (χ2n) is 10.2. The number of rotatable bonds is 22. The van der Waals surface area contributed by atoms with Gasteiger partial charge in [0.2, 0.25) is 0 Å². The minimum atomic E-state index is -2.37. The Balaban J connectivity index is 4.67. The lowest BCUT2D eigenvalue weighted by molar-refractivity contribution is 0.0921. The molecule has 0 aliphatic carbocycles. The van der Waals surface area contributed by atoms with Gasteiger partial charge >= 0.3 is 17.1 Å². The monoisotopic (exact) mass is 560 g/mol. The Kier molecular flexibility index (Phi) is 17.7. The Morgan fingerprint density at radius 1 is 0.636 bits per heavy atom. The third kappa shape index (κ3) is 18.7. The molecule has 33 heavy (non-hydrogen) atoms. The number of ether oxygens (including phenoxy) is 2. The van der Waals surface area contributed by atoms with Gasteiger partial charge in [-0.05, 0) is 70.8 Å². The lowest BCUT2D eigenvalue weighted by Crippen LogP contribution is -2.55. The minimum absolute atomic E-state index is 0.0670. The molecular formula is C20H52O8Si5. The zero-order chi connectivity index (χ0) is 25.4. The van der Waals surface area contributed by atoms with Gasteiger partial charge in [-0.3, -0.25) is 0 Å². The standard InChI is InChI=1S/C20H52O8Si5/c1-29-26-33(8,20-17-25-30(2,3)18-9-13-23-15-11-21)28-32(6,7)27-31(4,5)19-10-14-24-16-12-22/h21-22H,9-20,29H2,1-8H3/t33-/m1/s1. The Labute approximate surface area is 209 Å². The molecule has 0 aromatic heterocycles. The zero-order valence-corrected chi connectivity index (χ0v) is 28.0. The van der Waals surface area contributed by atoms with Crippen LogP contribution in [0.3, 0.4) is 0 Å². The van der Waals surface area contributed by atoms with Gasteiger partial charge in [-0.2, -0.15) is 0 Å². The van der Waals surface area contributed by atoms with Crippen molar-refractivity contribution in [2.24, 2.45) is 0 Å². The molecule has 2 N–H and O–H groups in total. The number of aliphatic hydroxyl groups is 2. The van der Waals surface area contributed by atoms with Gasteiger partial charge < -0.3 is 36.5 Å². The van der Waals surface area contributed by atoms with Gasteiger partial charge in [-0.1, -0.05) is 6.55 Å². The fourth-order valence-corrected chi connectivity index (χ4v) is 21.9. The summed E-state index contributed by atoms with van der Waals surface area (Å²) in [5.74, 6) is 0. The molecule has 0 amide bonds. The molecule has 8 nitrogen and oxygen atoms in total. The van der Waals surface area contributed by atoms with Gasteiger partial charge in [0.1, 0.15) is 9.76 Å². The van der Waals surface area contributed by atoms with Crippen LogP contribution in [-0.4, -0.2) is 100.0 Å². The van der Waals surface area contributed by atoms with E-state index >= 15 is 0 Å². The molecular weight excluding hydrogens is 509 g/mol. The van der Waals surface area contributed by atoms with E-state index in [0.717, 1.165) is 31.0 Å². The Bertz CT molecular complexity index is 499. The third-order valence-corrected chi connectivity index (χ3v) is 21.8. The van der Waals surface area contributed by atoms with Crippen molar-refractivity contribution in [2.45, 2.75) is 83.4 Å². The molecule has 0 bridgehead atoms.